The molecule has 0 saturated carbocycles. The average Bonchev–Trinajstić information content (AvgIpc) is 1.88. The van der Waals surface area contributed by atoms with Crippen LogP contribution < -0.4 is 28.5 Å². The summed E-state index contributed by atoms with van der Waals surface area (Å²) < 4.78 is 2.03. The highest BCUT2D eigenvalue weighted by Gasteiger charge is 1.94. The van der Waals surface area contributed by atoms with Gasteiger partial charge in [-0.3, -0.25) is 0 Å². The molecule has 0 aromatic carbocycles. The Morgan fingerprint density at radius 1 is 1.60 bits per heavy atom. The van der Waals surface area contributed by atoms with Crippen LogP contribution in [-0.4, -0.2) is 0 Å². The minimum atomic E-state index is 0. The molecule has 56 valence electrons. The predicted molar refractivity (Wildman–Crippen MR) is 37.3 cm³/mol. The highest BCUT2D eigenvalue weighted by atomic mass is 127. The van der Waals surface area contributed by atoms with Crippen LogP contribution in [0.4, 0.5) is 0 Å². The second kappa shape index (κ2) is 4.91. The number of pyridine rings is 1. The van der Waals surface area contributed by atoms with Crippen LogP contribution in [0.1, 0.15) is 6.92 Å². The summed E-state index contributed by atoms with van der Waals surface area (Å²) in [6.45, 7) is 3.05. The van der Waals surface area contributed by atoms with Crippen LogP contribution in [0.3, 0.4) is 0 Å². The topological polar surface area (TPSA) is 3.88 Å². The van der Waals surface area contributed by atoms with Gasteiger partial charge in [0.05, 0.1) is 0 Å². The van der Waals surface area contributed by atoms with E-state index in [1.807, 2.05) is 29.1 Å². The van der Waals surface area contributed by atoms with Crippen LogP contribution in [0.2, 0.25) is 5.02 Å². The first kappa shape index (κ1) is 10.2. The molecule has 10 heavy (non-hydrogen) atoms. The smallest absolute Gasteiger partial charge is 0.187 e. The fourth-order valence-electron chi connectivity index (χ4n) is 0.687. The van der Waals surface area contributed by atoms with Gasteiger partial charge in [0, 0.05) is 6.07 Å². The van der Waals surface area contributed by atoms with Gasteiger partial charge in [0.1, 0.15) is 11.6 Å². The van der Waals surface area contributed by atoms with Gasteiger partial charge in [0.15, 0.2) is 12.4 Å². The Morgan fingerprint density at radius 2 is 2.30 bits per heavy atom. The highest BCUT2D eigenvalue weighted by molar-refractivity contribution is 6.30. The van der Waals surface area contributed by atoms with Crippen molar-refractivity contribution in [3.63, 3.8) is 0 Å². The Hall–Kier alpha value is 0.170. The summed E-state index contributed by atoms with van der Waals surface area (Å²) in [5, 5.41) is 0.791. The van der Waals surface area contributed by atoms with E-state index in [0.717, 1.165) is 11.6 Å². The first-order valence-corrected chi connectivity index (χ1v) is 3.35. The van der Waals surface area contributed by atoms with E-state index in [4.69, 9.17) is 11.6 Å². The molecule has 1 aromatic rings. The van der Waals surface area contributed by atoms with Crippen LogP contribution in [0.25, 0.3) is 0 Å². The van der Waals surface area contributed by atoms with Gasteiger partial charge in [0.25, 0.3) is 0 Å². The van der Waals surface area contributed by atoms with Crippen molar-refractivity contribution in [2.45, 2.75) is 13.5 Å². The van der Waals surface area contributed by atoms with Crippen LogP contribution in [0, 0.1) is 0 Å². The molecule has 0 unspecified atom stereocenters. The molecule has 0 fully saturated rings. The van der Waals surface area contributed by atoms with Crippen molar-refractivity contribution in [2.24, 2.45) is 0 Å². The van der Waals surface area contributed by atoms with Crippen molar-refractivity contribution in [1.82, 2.24) is 0 Å². The van der Waals surface area contributed by atoms with Crippen LogP contribution in [0.15, 0.2) is 24.5 Å². The van der Waals surface area contributed by atoms with Crippen molar-refractivity contribution in [3.8, 4) is 0 Å². The molecular weight excluding hydrogens is 260 g/mol. The molecule has 0 amide bonds. The lowest BCUT2D eigenvalue weighted by Gasteiger charge is -1.88. The first-order chi connectivity index (χ1) is 4.33. The van der Waals surface area contributed by atoms with E-state index in [1.54, 1.807) is 0 Å². The second-order valence-corrected chi connectivity index (χ2v) is 2.29. The van der Waals surface area contributed by atoms with Crippen LogP contribution in [-0.2, 0) is 6.54 Å². The molecule has 0 atom stereocenters. The summed E-state index contributed by atoms with van der Waals surface area (Å²) in [6.07, 6.45) is 3.90. The first-order valence-electron chi connectivity index (χ1n) is 2.97. The van der Waals surface area contributed by atoms with Gasteiger partial charge in [-0.25, -0.2) is 4.57 Å². The van der Waals surface area contributed by atoms with Gasteiger partial charge in [-0.15, -0.1) is 0 Å². The monoisotopic (exact) mass is 269 g/mol. The number of aryl methyl sites for hydroxylation is 1. The Kier molecular flexibility index (Phi) is 4.99. The summed E-state index contributed by atoms with van der Waals surface area (Å²) in [7, 11) is 0. The number of rotatable bonds is 1. The summed E-state index contributed by atoms with van der Waals surface area (Å²) in [6, 6.07) is 3.81. The van der Waals surface area contributed by atoms with E-state index >= 15 is 0 Å². The molecule has 1 heterocycles. The molecular formula is C7H9ClIN. The lowest BCUT2D eigenvalue weighted by molar-refractivity contribution is -0.693. The molecule has 0 bridgehead atoms. The lowest BCUT2D eigenvalue weighted by atomic mass is 10.5. The van der Waals surface area contributed by atoms with Gasteiger partial charge in [-0.1, -0.05) is 11.6 Å². The molecule has 0 N–H and O–H groups in total. The number of hydrogen-bond acceptors (Lipinski definition) is 0. The quantitative estimate of drug-likeness (QED) is 0.439. The standard InChI is InChI=1S/C7H9ClN.HI/c1-2-9-5-3-4-7(8)6-9;/h3-6H,2H2,1H3;1H/q+1;/p-1. The minimum absolute atomic E-state index is 0. The summed E-state index contributed by atoms with van der Waals surface area (Å²) in [5.74, 6) is 0. The Bertz CT molecular complexity index is 203. The maximum atomic E-state index is 5.70. The van der Waals surface area contributed by atoms with Crippen molar-refractivity contribution in [2.75, 3.05) is 0 Å². The van der Waals surface area contributed by atoms with Gasteiger partial charge >= 0.3 is 0 Å². The molecule has 0 aliphatic heterocycles. The normalized spacial score (nSPS) is 8.60. The molecule has 0 radical (unpaired) electrons. The van der Waals surface area contributed by atoms with Gasteiger partial charge in [-0.05, 0) is 13.0 Å². The zero-order valence-electron chi connectivity index (χ0n) is 5.72. The van der Waals surface area contributed by atoms with Gasteiger partial charge in [-0.2, -0.15) is 0 Å². The van der Waals surface area contributed by atoms with Gasteiger partial charge < -0.3 is 24.0 Å². The molecule has 1 rings (SSSR count). The van der Waals surface area contributed by atoms with E-state index < -0.39 is 0 Å². The third-order valence-corrected chi connectivity index (χ3v) is 1.41. The summed E-state index contributed by atoms with van der Waals surface area (Å²) in [5.41, 5.74) is 0. The number of aromatic nitrogens is 1. The highest BCUT2D eigenvalue weighted by Crippen LogP contribution is 2.00. The number of nitrogens with zero attached hydrogens (tertiary/aromatic N) is 1. The van der Waals surface area contributed by atoms with E-state index in [-0.39, 0.29) is 24.0 Å². The molecule has 0 aliphatic rings. The minimum Gasteiger partial charge on any atom is -1.00 e. The Morgan fingerprint density at radius 3 is 2.70 bits per heavy atom. The fraction of sp³-hybridized carbons (Fsp3) is 0.286. The molecule has 1 nitrogen and oxygen atoms in total. The van der Waals surface area contributed by atoms with E-state index in [2.05, 4.69) is 6.92 Å². The molecule has 3 heteroatoms. The van der Waals surface area contributed by atoms with Crippen LogP contribution >= 0.6 is 11.6 Å². The SMILES string of the molecule is CC[n+]1cccc(Cl)c1.[I-]. The van der Waals surface area contributed by atoms with E-state index in [0.29, 0.717) is 0 Å². The van der Waals surface area contributed by atoms with Crippen LogP contribution in [0.5, 0.6) is 0 Å². The number of halogens is 2. The summed E-state index contributed by atoms with van der Waals surface area (Å²) in [4.78, 5) is 0. The largest absolute Gasteiger partial charge is 1.00 e. The predicted octanol–water partition coefficient (Wildman–Crippen LogP) is -1.35. The molecule has 0 saturated heterocycles. The van der Waals surface area contributed by atoms with Crippen molar-refractivity contribution >= 4 is 11.6 Å². The zero-order chi connectivity index (χ0) is 6.69. The van der Waals surface area contributed by atoms with E-state index in [9.17, 15) is 0 Å². The van der Waals surface area contributed by atoms with Crippen molar-refractivity contribution in [1.29, 1.82) is 0 Å². The summed E-state index contributed by atoms with van der Waals surface area (Å²) >= 11 is 5.70. The average molecular weight is 270 g/mol. The number of hydrogen-bond donors (Lipinski definition) is 0. The molecule has 1 aromatic heterocycles. The Labute approximate surface area is 83.0 Å². The third kappa shape index (κ3) is 2.84. The van der Waals surface area contributed by atoms with Crippen molar-refractivity contribution in [3.05, 3.63) is 29.5 Å². The van der Waals surface area contributed by atoms with Gasteiger partial charge in [0.2, 0.25) is 0 Å². The molecule has 0 aliphatic carbocycles. The third-order valence-electron chi connectivity index (χ3n) is 1.19. The zero-order valence-corrected chi connectivity index (χ0v) is 8.63. The van der Waals surface area contributed by atoms with E-state index in [1.165, 1.54) is 0 Å². The maximum Gasteiger partial charge on any atom is 0.187 e. The lowest BCUT2D eigenvalue weighted by Crippen LogP contribution is -3.00. The van der Waals surface area contributed by atoms with Crippen molar-refractivity contribution < 1.29 is 28.5 Å². The second-order valence-electron chi connectivity index (χ2n) is 1.85. The Balaban J connectivity index is 0.000000810. The maximum absolute atomic E-state index is 5.70. The fourth-order valence-corrected chi connectivity index (χ4v) is 0.885. The molecule has 0 spiro atoms.